The number of carbonyl (C=O) groups excluding carboxylic acids is 1. The fourth-order valence-electron chi connectivity index (χ4n) is 2.57. The monoisotopic (exact) mass is 338 g/mol. The van der Waals surface area contributed by atoms with Gasteiger partial charge in [-0.3, -0.25) is 0 Å². The zero-order valence-corrected chi connectivity index (χ0v) is 12.8. The van der Waals surface area contributed by atoms with Gasteiger partial charge in [0.2, 0.25) is 5.88 Å². The molecule has 0 radical (unpaired) electrons. The number of alkyl halides is 3. The number of esters is 1. The lowest BCUT2D eigenvalue weighted by molar-refractivity contribution is -0.139. The lowest BCUT2D eigenvalue weighted by atomic mass is 9.81. The first-order valence-corrected chi connectivity index (χ1v) is 6.75. The smallest absolute Gasteiger partial charge is 0.416 e. The van der Waals surface area contributed by atoms with Crippen LogP contribution >= 0.6 is 0 Å². The average Bonchev–Trinajstić information content (AvgIpc) is 2.52. The fourth-order valence-corrected chi connectivity index (χ4v) is 2.57. The number of rotatable bonds is 2. The Labute approximate surface area is 135 Å². The topological polar surface area (TPSA) is 85.3 Å². The Morgan fingerprint density at radius 2 is 2.00 bits per heavy atom. The third-order valence-electron chi connectivity index (χ3n) is 3.59. The molecule has 1 heterocycles. The molecule has 2 rings (SSSR count). The van der Waals surface area contributed by atoms with Crippen LogP contribution in [0.2, 0.25) is 0 Å². The highest BCUT2D eigenvalue weighted by Gasteiger charge is 2.42. The van der Waals surface area contributed by atoms with Crippen molar-refractivity contribution < 1.29 is 27.4 Å². The van der Waals surface area contributed by atoms with E-state index in [-0.39, 0.29) is 28.4 Å². The summed E-state index contributed by atoms with van der Waals surface area (Å²) in [5, 5.41) is 9.32. The van der Waals surface area contributed by atoms with Crippen molar-refractivity contribution in [3.63, 3.8) is 0 Å². The summed E-state index contributed by atoms with van der Waals surface area (Å²) in [6.07, 6.45) is -4.67. The Bertz CT molecular complexity index is 788. The molecular formula is C16H13F3N2O3. The van der Waals surface area contributed by atoms with Crippen LogP contribution < -0.4 is 5.73 Å². The van der Waals surface area contributed by atoms with Gasteiger partial charge in [-0.05, 0) is 18.6 Å². The van der Waals surface area contributed by atoms with Crippen molar-refractivity contribution in [2.45, 2.75) is 19.0 Å². The van der Waals surface area contributed by atoms with Crippen molar-refractivity contribution in [1.29, 1.82) is 5.26 Å². The highest BCUT2D eigenvalue weighted by Crippen LogP contribution is 2.44. The third kappa shape index (κ3) is 2.93. The molecule has 1 aliphatic rings. The van der Waals surface area contributed by atoms with Crippen LogP contribution in [0.15, 0.2) is 47.1 Å². The lowest BCUT2D eigenvalue weighted by Crippen LogP contribution is -2.26. The number of ether oxygens (including phenoxy) is 2. The highest BCUT2D eigenvalue weighted by atomic mass is 19.4. The van der Waals surface area contributed by atoms with Crippen LogP contribution in [0, 0.1) is 11.3 Å². The van der Waals surface area contributed by atoms with Gasteiger partial charge in [-0.1, -0.05) is 18.2 Å². The maximum Gasteiger partial charge on any atom is 0.416 e. The number of hydrogen-bond acceptors (Lipinski definition) is 5. The number of nitrogens with zero attached hydrogens (tertiary/aromatic N) is 1. The minimum absolute atomic E-state index is 0.0136. The minimum Gasteiger partial charge on any atom is -0.466 e. The van der Waals surface area contributed by atoms with Crippen molar-refractivity contribution >= 4 is 5.97 Å². The predicted molar refractivity (Wildman–Crippen MR) is 76.8 cm³/mol. The second kappa shape index (κ2) is 6.28. The van der Waals surface area contributed by atoms with Gasteiger partial charge in [0.05, 0.1) is 24.2 Å². The third-order valence-corrected chi connectivity index (χ3v) is 3.59. The molecule has 2 N–H and O–H groups in total. The lowest BCUT2D eigenvalue weighted by Gasteiger charge is -2.28. The Hall–Kier alpha value is -2.95. The quantitative estimate of drug-likeness (QED) is 0.838. The number of halogens is 3. The Morgan fingerprint density at radius 3 is 2.54 bits per heavy atom. The summed E-state index contributed by atoms with van der Waals surface area (Å²) in [5.41, 5.74) is 3.93. The van der Waals surface area contributed by atoms with Crippen molar-refractivity contribution in [2.24, 2.45) is 5.73 Å². The molecule has 1 atom stereocenters. The molecule has 1 aromatic rings. The van der Waals surface area contributed by atoms with Gasteiger partial charge < -0.3 is 15.2 Å². The summed E-state index contributed by atoms with van der Waals surface area (Å²) in [5.74, 6) is -2.58. The molecule has 1 aromatic carbocycles. The molecular weight excluding hydrogens is 325 g/mol. The summed E-state index contributed by atoms with van der Waals surface area (Å²) in [6.45, 7) is 1.37. The summed E-state index contributed by atoms with van der Waals surface area (Å²) in [4.78, 5) is 12.1. The van der Waals surface area contributed by atoms with Gasteiger partial charge in [0.15, 0.2) is 0 Å². The second-order valence-corrected chi connectivity index (χ2v) is 4.97. The zero-order chi connectivity index (χ0) is 18.1. The molecule has 0 saturated heterocycles. The first-order valence-electron chi connectivity index (χ1n) is 6.75. The molecule has 8 heteroatoms. The van der Waals surface area contributed by atoms with E-state index in [0.717, 1.165) is 13.2 Å². The van der Waals surface area contributed by atoms with Gasteiger partial charge in [0.25, 0.3) is 0 Å². The van der Waals surface area contributed by atoms with Crippen LogP contribution in [-0.4, -0.2) is 13.1 Å². The molecule has 5 nitrogen and oxygen atoms in total. The molecule has 0 saturated carbocycles. The normalized spacial score (nSPS) is 18.1. The van der Waals surface area contributed by atoms with E-state index in [2.05, 4.69) is 4.74 Å². The number of hydrogen-bond donors (Lipinski definition) is 1. The Balaban J connectivity index is 2.78. The van der Waals surface area contributed by atoms with Crippen LogP contribution in [0.5, 0.6) is 0 Å². The van der Waals surface area contributed by atoms with Crippen molar-refractivity contribution in [1.82, 2.24) is 0 Å². The largest absolute Gasteiger partial charge is 0.466 e. The number of methoxy groups -OCH3 is 1. The predicted octanol–water partition coefficient (Wildman–Crippen LogP) is 2.96. The molecule has 0 spiro atoms. The van der Waals surface area contributed by atoms with Crippen molar-refractivity contribution in [2.75, 3.05) is 7.11 Å². The van der Waals surface area contributed by atoms with Crippen LogP contribution in [0.25, 0.3) is 0 Å². The maximum atomic E-state index is 13.3. The second-order valence-electron chi connectivity index (χ2n) is 4.97. The first kappa shape index (κ1) is 17.4. The molecule has 0 amide bonds. The van der Waals surface area contributed by atoms with E-state index in [1.807, 2.05) is 0 Å². The average molecular weight is 338 g/mol. The molecule has 24 heavy (non-hydrogen) atoms. The van der Waals surface area contributed by atoms with Gasteiger partial charge in [0, 0.05) is 0 Å². The zero-order valence-electron chi connectivity index (χ0n) is 12.8. The van der Waals surface area contributed by atoms with E-state index in [1.165, 1.54) is 25.1 Å². The Morgan fingerprint density at radius 1 is 1.38 bits per heavy atom. The molecule has 0 unspecified atom stereocenters. The maximum absolute atomic E-state index is 13.3. The van der Waals surface area contributed by atoms with Gasteiger partial charge in [0.1, 0.15) is 17.4 Å². The number of benzene rings is 1. The minimum atomic E-state index is -4.67. The number of nitriles is 1. The molecule has 0 fully saturated rings. The van der Waals surface area contributed by atoms with E-state index in [0.29, 0.717) is 0 Å². The van der Waals surface area contributed by atoms with E-state index >= 15 is 0 Å². The summed E-state index contributed by atoms with van der Waals surface area (Å²) in [6, 6.07) is 6.41. The van der Waals surface area contributed by atoms with Crippen LogP contribution in [0.1, 0.15) is 24.0 Å². The Kier molecular flexibility index (Phi) is 4.55. The fraction of sp³-hybridized carbons (Fsp3) is 0.250. The SMILES string of the molecule is COC(=O)C1=C(C)OC(N)=C(C#N)[C@@H]1c1ccccc1C(F)(F)F. The van der Waals surface area contributed by atoms with E-state index < -0.39 is 23.6 Å². The van der Waals surface area contributed by atoms with Crippen LogP contribution in [-0.2, 0) is 20.4 Å². The van der Waals surface area contributed by atoms with Crippen LogP contribution in [0.3, 0.4) is 0 Å². The summed E-state index contributed by atoms with van der Waals surface area (Å²) in [7, 11) is 1.09. The molecule has 0 aromatic heterocycles. The van der Waals surface area contributed by atoms with Crippen LogP contribution in [0.4, 0.5) is 13.2 Å². The van der Waals surface area contributed by atoms with Crippen molar-refractivity contribution in [3.8, 4) is 6.07 Å². The van der Waals surface area contributed by atoms with E-state index in [1.54, 1.807) is 6.07 Å². The summed E-state index contributed by atoms with van der Waals surface area (Å²) < 4.78 is 49.8. The number of allylic oxidation sites excluding steroid dienone is 2. The molecule has 0 aliphatic carbocycles. The molecule has 1 aliphatic heterocycles. The highest BCUT2D eigenvalue weighted by molar-refractivity contribution is 5.92. The number of carbonyl (C=O) groups is 1. The standard InChI is InChI=1S/C16H13F3N2O3/c1-8-12(15(22)23-2)13(10(7-20)14(21)24-8)9-5-3-4-6-11(9)16(17,18)19/h3-6,13H,21H2,1-2H3/t13-/m0/s1. The van der Waals surface area contributed by atoms with E-state index in [4.69, 9.17) is 10.5 Å². The molecule has 126 valence electrons. The van der Waals surface area contributed by atoms with Crippen molar-refractivity contribution in [3.05, 3.63) is 58.2 Å². The van der Waals surface area contributed by atoms with Gasteiger partial charge in [-0.25, -0.2) is 4.79 Å². The number of nitrogens with two attached hydrogens (primary N) is 1. The van der Waals surface area contributed by atoms with E-state index in [9.17, 15) is 23.2 Å². The van der Waals surface area contributed by atoms with Gasteiger partial charge in [-0.2, -0.15) is 18.4 Å². The molecule has 0 bridgehead atoms. The van der Waals surface area contributed by atoms with Gasteiger partial charge >= 0.3 is 12.1 Å². The first-order chi connectivity index (χ1) is 11.2. The van der Waals surface area contributed by atoms with Gasteiger partial charge in [-0.15, -0.1) is 0 Å². The summed E-state index contributed by atoms with van der Waals surface area (Å²) >= 11 is 0.